The quantitative estimate of drug-likeness (QED) is 0.489. The summed E-state index contributed by atoms with van der Waals surface area (Å²) in [6.07, 6.45) is 6.78. The highest BCUT2D eigenvalue weighted by Crippen LogP contribution is 2.16. The van der Waals surface area contributed by atoms with E-state index in [2.05, 4.69) is 34.6 Å². The van der Waals surface area contributed by atoms with E-state index in [1.54, 1.807) is 6.20 Å². The van der Waals surface area contributed by atoms with Gasteiger partial charge < -0.3 is 5.32 Å². The van der Waals surface area contributed by atoms with Crippen LogP contribution in [0.1, 0.15) is 45.1 Å². The minimum absolute atomic E-state index is 0.449. The van der Waals surface area contributed by atoms with Crippen molar-refractivity contribution >= 4 is 11.8 Å². The lowest BCUT2D eigenvalue weighted by Crippen LogP contribution is -2.17. The minimum atomic E-state index is 0.449. The molecule has 5 heteroatoms. The Balaban J connectivity index is 2.55. The average molecular weight is 251 g/mol. The van der Waals surface area contributed by atoms with Gasteiger partial charge in [0.15, 0.2) is 0 Å². The van der Waals surface area contributed by atoms with E-state index in [-0.39, 0.29) is 0 Å². The second-order valence-corrected chi connectivity index (χ2v) is 4.67. The van der Waals surface area contributed by atoms with Crippen LogP contribution in [-0.4, -0.2) is 16.5 Å². The Hall–Kier alpha value is -1.36. The van der Waals surface area contributed by atoms with Crippen LogP contribution in [-0.2, 0) is 0 Å². The zero-order valence-electron chi connectivity index (χ0n) is 11.7. The minimum Gasteiger partial charge on any atom is -0.369 e. The fraction of sp³-hybridized carbons (Fsp3) is 0.692. The molecule has 0 amide bonds. The maximum absolute atomic E-state index is 5.31. The summed E-state index contributed by atoms with van der Waals surface area (Å²) in [6.45, 7) is 7.42. The van der Waals surface area contributed by atoms with Gasteiger partial charge in [0, 0.05) is 18.3 Å². The monoisotopic (exact) mass is 251 g/mol. The highest BCUT2D eigenvalue weighted by molar-refractivity contribution is 5.45. The Morgan fingerprint density at radius 3 is 2.78 bits per heavy atom. The molecule has 1 atom stereocenters. The number of aromatic nitrogens is 2. The second kappa shape index (κ2) is 7.87. The molecule has 0 saturated carbocycles. The number of unbranched alkanes of at least 4 members (excludes halogenated alkanes) is 1. The molecule has 18 heavy (non-hydrogen) atoms. The molecule has 0 radical (unpaired) electrons. The first-order chi connectivity index (χ1) is 8.71. The van der Waals surface area contributed by atoms with Crippen LogP contribution in [0.3, 0.4) is 0 Å². The molecule has 0 aromatic carbocycles. The highest BCUT2D eigenvalue weighted by Gasteiger charge is 2.08. The van der Waals surface area contributed by atoms with Crippen LogP contribution in [0.2, 0.25) is 0 Å². The molecule has 102 valence electrons. The average Bonchev–Trinajstić information content (AvgIpc) is 2.40. The molecule has 0 aliphatic carbocycles. The summed E-state index contributed by atoms with van der Waals surface area (Å²) in [6, 6.07) is 0. The predicted octanol–water partition coefficient (Wildman–Crippen LogP) is 2.70. The molecule has 0 spiro atoms. The van der Waals surface area contributed by atoms with Gasteiger partial charge >= 0.3 is 0 Å². The first kappa shape index (κ1) is 14.7. The molecule has 0 bridgehead atoms. The van der Waals surface area contributed by atoms with Crippen molar-refractivity contribution in [3.05, 3.63) is 11.8 Å². The molecule has 0 aliphatic heterocycles. The van der Waals surface area contributed by atoms with E-state index in [1.807, 2.05) is 6.92 Å². The van der Waals surface area contributed by atoms with E-state index >= 15 is 0 Å². The number of nitrogen functional groups attached to an aromatic ring is 1. The first-order valence-corrected chi connectivity index (χ1v) is 6.75. The summed E-state index contributed by atoms with van der Waals surface area (Å²) in [5.74, 6) is 7.33. The third-order valence-corrected chi connectivity index (χ3v) is 3.20. The Morgan fingerprint density at radius 2 is 2.17 bits per heavy atom. The highest BCUT2D eigenvalue weighted by atomic mass is 15.3. The molecular weight excluding hydrogens is 226 g/mol. The molecule has 4 N–H and O–H groups in total. The van der Waals surface area contributed by atoms with Crippen LogP contribution in [0.4, 0.5) is 11.8 Å². The smallest absolute Gasteiger partial charge is 0.239 e. The number of aryl methyl sites for hydroxylation is 1. The topological polar surface area (TPSA) is 75.9 Å². The number of anilines is 2. The van der Waals surface area contributed by atoms with Crippen molar-refractivity contribution in [1.82, 2.24) is 9.97 Å². The molecule has 1 rings (SSSR count). The third-order valence-electron chi connectivity index (χ3n) is 3.20. The van der Waals surface area contributed by atoms with Crippen LogP contribution in [0.15, 0.2) is 6.20 Å². The second-order valence-electron chi connectivity index (χ2n) is 4.67. The summed E-state index contributed by atoms with van der Waals surface area (Å²) in [5, 5.41) is 3.40. The largest absolute Gasteiger partial charge is 0.369 e. The Bertz CT molecular complexity index is 353. The number of rotatable bonds is 8. The molecule has 1 heterocycles. The van der Waals surface area contributed by atoms with Gasteiger partial charge in [-0.3, -0.25) is 5.43 Å². The molecule has 0 fully saturated rings. The van der Waals surface area contributed by atoms with Gasteiger partial charge in [0.2, 0.25) is 5.95 Å². The predicted molar refractivity (Wildman–Crippen MR) is 76.4 cm³/mol. The van der Waals surface area contributed by atoms with Crippen molar-refractivity contribution in [2.75, 3.05) is 17.3 Å². The van der Waals surface area contributed by atoms with Crippen LogP contribution >= 0.6 is 0 Å². The standard InChI is InChI=1S/C13H25N5/c1-4-6-7-11(5-2)9-15-12-10(3)8-16-13(17-12)18-14/h8,11H,4-7,9,14H2,1-3H3,(H2,15,16,17,18). The number of nitrogens with two attached hydrogens (primary N) is 1. The van der Waals surface area contributed by atoms with Gasteiger partial charge in [-0.2, -0.15) is 4.98 Å². The number of nitrogens with zero attached hydrogens (tertiary/aromatic N) is 2. The SMILES string of the molecule is CCCCC(CC)CNc1nc(NN)ncc1C. The van der Waals surface area contributed by atoms with Gasteiger partial charge in [-0.1, -0.05) is 33.1 Å². The van der Waals surface area contributed by atoms with Crippen molar-refractivity contribution in [3.8, 4) is 0 Å². The summed E-state index contributed by atoms with van der Waals surface area (Å²) in [4.78, 5) is 8.39. The lowest BCUT2D eigenvalue weighted by Gasteiger charge is -2.16. The lowest BCUT2D eigenvalue weighted by atomic mass is 9.99. The number of hydrazine groups is 1. The zero-order chi connectivity index (χ0) is 13.4. The zero-order valence-corrected chi connectivity index (χ0v) is 11.7. The van der Waals surface area contributed by atoms with Crippen molar-refractivity contribution < 1.29 is 0 Å². The molecule has 0 saturated heterocycles. The van der Waals surface area contributed by atoms with Crippen LogP contribution in [0.25, 0.3) is 0 Å². The summed E-state index contributed by atoms with van der Waals surface area (Å²) >= 11 is 0. The van der Waals surface area contributed by atoms with E-state index in [1.165, 1.54) is 25.7 Å². The maximum atomic E-state index is 5.31. The number of nitrogens with one attached hydrogen (secondary N) is 2. The van der Waals surface area contributed by atoms with Crippen molar-refractivity contribution in [2.45, 2.75) is 46.5 Å². The molecule has 5 nitrogen and oxygen atoms in total. The Labute approximate surface area is 110 Å². The molecule has 1 unspecified atom stereocenters. The van der Waals surface area contributed by atoms with E-state index in [4.69, 9.17) is 5.84 Å². The summed E-state index contributed by atoms with van der Waals surface area (Å²) in [5.41, 5.74) is 3.51. The van der Waals surface area contributed by atoms with Gasteiger partial charge in [-0.05, 0) is 19.3 Å². The van der Waals surface area contributed by atoms with Gasteiger partial charge in [0.25, 0.3) is 0 Å². The van der Waals surface area contributed by atoms with Crippen LogP contribution in [0, 0.1) is 12.8 Å². The molecule has 1 aromatic heterocycles. The van der Waals surface area contributed by atoms with Crippen molar-refractivity contribution in [1.29, 1.82) is 0 Å². The first-order valence-electron chi connectivity index (χ1n) is 6.75. The summed E-state index contributed by atoms with van der Waals surface area (Å²) < 4.78 is 0. The Kier molecular flexibility index (Phi) is 6.43. The molecular formula is C13H25N5. The van der Waals surface area contributed by atoms with Gasteiger partial charge in [-0.15, -0.1) is 0 Å². The normalized spacial score (nSPS) is 12.2. The van der Waals surface area contributed by atoms with Crippen molar-refractivity contribution in [3.63, 3.8) is 0 Å². The number of hydrogen-bond acceptors (Lipinski definition) is 5. The van der Waals surface area contributed by atoms with Gasteiger partial charge in [0.05, 0.1) is 0 Å². The fourth-order valence-electron chi connectivity index (χ4n) is 1.87. The van der Waals surface area contributed by atoms with E-state index in [0.717, 1.165) is 17.9 Å². The maximum Gasteiger partial charge on any atom is 0.239 e. The molecule has 1 aromatic rings. The van der Waals surface area contributed by atoms with Gasteiger partial charge in [-0.25, -0.2) is 10.8 Å². The van der Waals surface area contributed by atoms with Crippen molar-refractivity contribution in [2.24, 2.45) is 11.8 Å². The van der Waals surface area contributed by atoms with E-state index in [9.17, 15) is 0 Å². The van der Waals surface area contributed by atoms with E-state index in [0.29, 0.717) is 11.9 Å². The van der Waals surface area contributed by atoms with Crippen LogP contribution < -0.4 is 16.6 Å². The number of hydrogen-bond donors (Lipinski definition) is 3. The summed E-state index contributed by atoms with van der Waals surface area (Å²) in [7, 11) is 0. The lowest BCUT2D eigenvalue weighted by molar-refractivity contribution is 0.472. The fourth-order valence-corrected chi connectivity index (χ4v) is 1.87. The van der Waals surface area contributed by atoms with Crippen LogP contribution in [0.5, 0.6) is 0 Å². The Morgan fingerprint density at radius 1 is 1.39 bits per heavy atom. The van der Waals surface area contributed by atoms with E-state index < -0.39 is 0 Å². The molecule has 0 aliphatic rings. The third kappa shape index (κ3) is 4.49. The van der Waals surface area contributed by atoms with Gasteiger partial charge in [0.1, 0.15) is 5.82 Å².